The monoisotopic (exact) mass is 272 g/mol. The molecule has 0 radical (unpaired) electrons. The predicted molar refractivity (Wildman–Crippen MR) is 81.8 cm³/mol. The maximum atomic E-state index is 4.36. The molecule has 20 heavy (non-hydrogen) atoms. The number of hydrogen-bond acceptors (Lipinski definition) is 3. The van der Waals surface area contributed by atoms with Crippen molar-refractivity contribution in [3.8, 4) is 0 Å². The lowest BCUT2D eigenvalue weighted by atomic mass is 9.94. The van der Waals surface area contributed by atoms with E-state index in [1.165, 1.54) is 11.1 Å². The first-order valence-corrected chi connectivity index (χ1v) is 7.31. The first-order chi connectivity index (χ1) is 9.70. The van der Waals surface area contributed by atoms with Crippen LogP contribution in [0.4, 0.5) is 0 Å². The first-order valence-electron chi connectivity index (χ1n) is 7.31. The van der Waals surface area contributed by atoms with E-state index in [9.17, 15) is 0 Å². The van der Waals surface area contributed by atoms with Crippen LogP contribution in [0.5, 0.6) is 0 Å². The lowest BCUT2D eigenvalue weighted by Gasteiger charge is -2.18. The van der Waals surface area contributed by atoms with Crippen molar-refractivity contribution in [3.63, 3.8) is 0 Å². The van der Waals surface area contributed by atoms with Crippen molar-refractivity contribution in [1.82, 2.24) is 20.1 Å². The number of rotatable bonds is 7. The van der Waals surface area contributed by atoms with E-state index in [1.807, 2.05) is 11.7 Å². The summed E-state index contributed by atoms with van der Waals surface area (Å²) in [6, 6.07) is 8.76. The fourth-order valence-electron chi connectivity index (χ4n) is 2.41. The van der Waals surface area contributed by atoms with Gasteiger partial charge in [-0.15, -0.1) is 0 Å². The average Bonchev–Trinajstić information content (AvgIpc) is 2.83. The SMILES string of the molecule is CCCNCC(Cc1ncnn1C)c1cccc(C)c1. The van der Waals surface area contributed by atoms with E-state index in [-0.39, 0.29) is 0 Å². The standard InChI is InChI=1S/C16H24N4/c1-4-8-17-11-15(10-16-18-12-19-20(16)3)14-7-5-6-13(2)9-14/h5-7,9,12,15,17H,4,8,10-11H2,1-3H3. The number of benzene rings is 1. The Balaban J connectivity index is 2.13. The number of aromatic nitrogens is 3. The molecule has 1 unspecified atom stereocenters. The van der Waals surface area contributed by atoms with Gasteiger partial charge < -0.3 is 5.32 Å². The van der Waals surface area contributed by atoms with E-state index in [4.69, 9.17) is 0 Å². The van der Waals surface area contributed by atoms with Gasteiger partial charge in [0.25, 0.3) is 0 Å². The number of nitrogens with one attached hydrogen (secondary N) is 1. The summed E-state index contributed by atoms with van der Waals surface area (Å²) in [4.78, 5) is 4.36. The van der Waals surface area contributed by atoms with Gasteiger partial charge >= 0.3 is 0 Å². The van der Waals surface area contributed by atoms with Gasteiger partial charge in [0.2, 0.25) is 0 Å². The molecule has 0 aliphatic heterocycles. The van der Waals surface area contributed by atoms with Crippen molar-refractivity contribution in [2.24, 2.45) is 7.05 Å². The Kier molecular flexibility index (Phi) is 5.30. The smallest absolute Gasteiger partial charge is 0.138 e. The molecule has 1 heterocycles. The molecule has 0 saturated carbocycles. The zero-order valence-corrected chi connectivity index (χ0v) is 12.6. The maximum absolute atomic E-state index is 4.36. The van der Waals surface area contributed by atoms with Gasteiger partial charge in [-0.25, -0.2) is 4.98 Å². The second-order valence-electron chi connectivity index (χ2n) is 5.32. The van der Waals surface area contributed by atoms with Crippen molar-refractivity contribution >= 4 is 0 Å². The van der Waals surface area contributed by atoms with Crippen LogP contribution in [0.2, 0.25) is 0 Å². The van der Waals surface area contributed by atoms with E-state index in [1.54, 1.807) is 6.33 Å². The van der Waals surface area contributed by atoms with Gasteiger partial charge in [-0.05, 0) is 25.5 Å². The summed E-state index contributed by atoms with van der Waals surface area (Å²) in [6.07, 6.45) is 3.70. The highest BCUT2D eigenvalue weighted by atomic mass is 15.3. The summed E-state index contributed by atoms with van der Waals surface area (Å²) in [6.45, 7) is 6.37. The molecule has 0 fully saturated rings. The number of hydrogen-bond donors (Lipinski definition) is 1. The third kappa shape index (κ3) is 3.90. The summed E-state index contributed by atoms with van der Waals surface area (Å²) in [7, 11) is 1.95. The molecule has 0 spiro atoms. The van der Waals surface area contributed by atoms with Crippen LogP contribution in [0.3, 0.4) is 0 Å². The van der Waals surface area contributed by atoms with Crippen molar-refractivity contribution < 1.29 is 0 Å². The van der Waals surface area contributed by atoms with Gasteiger partial charge in [-0.2, -0.15) is 5.10 Å². The van der Waals surface area contributed by atoms with Crippen LogP contribution in [0, 0.1) is 6.92 Å². The minimum absolute atomic E-state index is 0.435. The minimum atomic E-state index is 0.435. The number of aryl methyl sites for hydroxylation is 2. The fourth-order valence-corrected chi connectivity index (χ4v) is 2.41. The van der Waals surface area contributed by atoms with Gasteiger partial charge in [0, 0.05) is 25.9 Å². The minimum Gasteiger partial charge on any atom is -0.316 e. The summed E-state index contributed by atoms with van der Waals surface area (Å²) in [5, 5.41) is 7.69. The zero-order chi connectivity index (χ0) is 14.4. The van der Waals surface area contributed by atoms with Crippen LogP contribution in [-0.4, -0.2) is 27.9 Å². The summed E-state index contributed by atoms with van der Waals surface area (Å²) in [5.41, 5.74) is 2.68. The van der Waals surface area contributed by atoms with Crippen LogP contribution in [0.15, 0.2) is 30.6 Å². The van der Waals surface area contributed by atoms with E-state index in [0.717, 1.165) is 31.8 Å². The Bertz CT molecular complexity index is 533. The second kappa shape index (κ2) is 7.20. The van der Waals surface area contributed by atoms with Gasteiger partial charge in [-0.3, -0.25) is 4.68 Å². The maximum Gasteiger partial charge on any atom is 0.138 e. The Morgan fingerprint density at radius 1 is 1.35 bits per heavy atom. The fraction of sp³-hybridized carbons (Fsp3) is 0.500. The molecular weight excluding hydrogens is 248 g/mol. The van der Waals surface area contributed by atoms with E-state index in [2.05, 4.69) is 53.5 Å². The summed E-state index contributed by atoms with van der Waals surface area (Å²) in [5.74, 6) is 1.47. The lowest BCUT2D eigenvalue weighted by Crippen LogP contribution is -2.24. The molecule has 4 nitrogen and oxygen atoms in total. The molecule has 1 N–H and O–H groups in total. The second-order valence-corrected chi connectivity index (χ2v) is 5.32. The molecule has 2 rings (SSSR count). The molecule has 0 saturated heterocycles. The molecular formula is C16H24N4. The molecule has 108 valence electrons. The molecule has 0 amide bonds. The summed E-state index contributed by atoms with van der Waals surface area (Å²) < 4.78 is 1.86. The summed E-state index contributed by atoms with van der Waals surface area (Å²) >= 11 is 0. The van der Waals surface area contributed by atoms with Gasteiger partial charge in [0.1, 0.15) is 12.2 Å². The Labute approximate surface area is 121 Å². The third-order valence-electron chi connectivity index (χ3n) is 3.57. The largest absolute Gasteiger partial charge is 0.316 e. The van der Waals surface area contributed by atoms with Crippen LogP contribution >= 0.6 is 0 Å². The van der Waals surface area contributed by atoms with Crippen LogP contribution < -0.4 is 5.32 Å². The first kappa shape index (κ1) is 14.7. The van der Waals surface area contributed by atoms with Crippen molar-refractivity contribution in [2.45, 2.75) is 32.6 Å². The van der Waals surface area contributed by atoms with Crippen molar-refractivity contribution in [2.75, 3.05) is 13.1 Å². The highest BCUT2D eigenvalue weighted by Crippen LogP contribution is 2.20. The quantitative estimate of drug-likeness (QED) is 0.787. The zero-order valence-electron chi connectivity index (χ0n) is 12.6. The molecule has 4 heteroatoms. The van der Waals surface area contributed by atoms with Crippen LogP contribution in [0.25, 0.3) is 0 Å². The molecule has 2 aromatic rings. The average molecular weight is 272 g/mol. The predicted octanol–water partition coefficient (Wildman–Crippen LogP) is 2.45. The van der Waals surface area contributed by atoms with E-state index in [0.29, 0.717) is 5.92 Å². The highest BCUT2D eigenvalue weighted by molar-refractivity contribution is 5.26. The van der Waals surface area contributed by atoms with E-state index < -0.39 is 0 Å². The lowest BCUT2D eigenvalue weighted by molar-refractivity contribution is 0.551. The van der Waals surface area contributed by atoms with E-state index >= 15 is 0 Å². The van der Waals surface area contributed by atoms with Gasteiger partial charge in [0.15, 0.2) is 0 Å². The van der Waals surface area contributed by atoms with Crippen LogP contribution in [0.1, 0.15) is 36.2 Å². The highest BCUT2D eigenvalue weighted by Gasteiger charge is 2.15. The Morgan fingerprint density at radius 2 is 2.20 bits per heavy atom. The normalized spacial score (nSPS) is 12.6. The molecule has 1 atom stereocenters. The van der Waals surface area contributed by atoms with Crippen molar-refractivity contribution in [3.05, 3.63) is 47.5 Å². The topological polar surface area (TPSA) is 42.7 Å². The van der Waals surface area contributed by atoms with Crippen molar-refractivity contribution in [1.29, 1.82) is 0 Å². The van der Waals surface area contributed by atoms with Crippen LogP contribution in [-0.2, 0) is 13.5 Å². The van der Waals surface area contributed by atoms with Gasteiger partial charge in [0.05, 0.1) is 0 Å². The third-order valence-corrected chi connectivity index (χ3v) is 3.57. The molecule has 1 aromatic carbocycles. The van der Waals surface area contributed by atoms with Gasteiger partial charge in [-0.1, -0.05) is 36.8 Å². The Morgan fingerprint density at radius 3 is 2.85 bits per heavy atom. The Hall–Kier alpha value is -1.68. The molecule has 0 aliphatic carbocycles. The molecule has 0 bridgehead atoms. The molecule has 0 aliphatic rings. The number of nitrogens with zero attached hydrogens (tertiary/aromatic N) is 3. The molecule has 1 aromatic heterocycles.